The van der Waals surface area contributed by atoms with Crippen molar-refractivity contribution in [2.24, 2.45) is 0 Å². The number of esters is 3. The largest absolute Gasteiger partial charge is 0.462 e. The summed E-state index contributed by atoms with van der Waals surface area (Å²) in [5.74, 6) is -0.920. The molecule has 0 bridgehead atoms. The minimum atomic E-state index is -0.791. The van der Waals surface area contributed by atoms with E-state index in [9.17, 15) is 14.4 Å². The summed E-state index contributed by atoms with van der Waals surface area (Å²) < 4.78 is 16.8. The first-order chi connectivity index (χ1) is 33.0. The first kappa shape index (κ1) is 63.8. The predicted molar refractivity (Wildman–Crippen MR) is 288 cm³/mol. The third-order valence-corrected chi connectivity index (χ3v) is 12.3. The molecule has 0 saturated heterocycles. The van der Waals surface area contributed by atoms with Gasteiger partial charge in [-0.3, -0.25) is 14.4 Å². The Labute approximate surface area is 414 Å². The summed E-state index contributed by atoms with van der Waals surface area (Å²) in [5.41, 5.74) is 0. The molecule has 0 aromatic carbocycles. The number of ether oxygens (including phenoxy) is 3. The Morgan fingerprint density at radius 3 is 0.955 bits per heavy atom. The van der Waals surface area contributed by atoms with Crippen LogP contribution in [0.25, 0.3) is 0 Å². The molecule has 0 amide bonds. The molecule has 0 radical (unpaired) electrons. The van der Waals surface area contributed by atoms with Gasteiger partial charge in [0.25, 0.3) is 0 Å². The van der Waals surface area contributed by atoms with Crippen LogP contribution in [0.1, 0.15) is 278 Å². The van der Waals surface area contributed by atoms with Crippen LogP contribution in [0.3, 0.4) is 0 Å². The molecule has 0 aromatic heterocycles. The molecular weight excluding hydrogens is 829 g/mol. The van der Waals surface area contributed by atoms with Gasteiger partial charge in [-0.2, -0.15) is 0 Å². The van der Waals surface area contributed by atoms with Crippen LogP contribution in [0.5, 0.6) is 0 Å². The van der Waals surface area contributed by atoms with Crippen molar-refractivity contribution in [3.63, 3.8) is 0 Å². The molecule has 0 spiro atoms. The van der Waals surface area contributed by atoms with Crippen LogP contribution in [0.2, 0.25) is 0 Å². The number of rotatable bonds is 51. The van der Waals surface area contributed by atoms with E-state index in [2.05, 4.69) is 69.4 Å². The van der Waals surface area contributed by atoms with Crippen molar-refractivity contribution in [2.45, 2.75) is 284 Å². The zero-order valence-corrected chi connectivity index (χ0v) is 44.2. The first-order valence-corrected chi connectivity index (χ1v) is 28.5. The van der Waals surface area contributed by atoms with Crippen molar-refractivity contribution in [1.82, 2.24) is 0 Å². The van der Waals surface area contributed by atoms with Gasteiger partial charge >= 0.3 is 17.9 Å². The Morgan fingerprint density at radius 2 is 0.582 bits per heavy atom. The van der Waals surface area contributed by atoms with E-state index >= 15 is 0 Å². The lowest BCUT2D eigenvalue weighted by Crippen LogP contribution is -2.30. The number of carbonyl (C=O) groups excluding carboxylic acids is 3. The first-order valence-electron chi connectivity index (χ1n) is 28.5. The van der Waals surface area contributed by atoms with Gasteiger partial charge in [0, 0.05) is 19.3 Å². The molecule has 6 nitrogen and oxygen atoms in total. The van der Waals surface area contributed by atoms with Crippen LogP contribution in [-0.4, -0.2) is 37.2 Å². The van der Waals surface area contributed by atoms with Crippen LogP contribution >= 0.6 is 0 Å². The van der Waals surface area contributed by atoms with Crippen molar-refractivity contribution in [3.8, 4) is 0 Å². The van der Waals surface area contributed by atoms with Crippen LogP contribution in [0, 0.1) is 0 Å². The third kappa shape index (κ3) is 53.7. The maximum Gasteiger partial charge on any atom is 0.306 e. The molecule has 0 rings (SSSR count). The van der Waals surface area contributed by atoms with Crippen LogP contribution in [0.4, 0.5) is 0 Å². The summed E-state index contributed by atoms with van der Waals surface area (Å²) in [7, 11) is 0. The molecule has 67 heavy (non-hydrogen) atoms. The molecular formula is C61H106O6. The van der Waals surface area contributed by atoms with Gasteiger partial charge < -0.3 is 14.2 Å². The minimum Gasteiger partial charge on any atom is -0.462 e. The van der Waals surface area contributed by atoms with Crippen molar-refractivity contribution in [3.05, 3.63) is 72.9 Å². The smallest absolute Gasteiger partial charge is 0.306 e. The number of carbonyl (C=O) groups is 3. The van der Waals surface area contributed by atoms with Crippen LogP contribution < -0.4 is 0 Å². The Bertz CT molecular complexity index is 1260. The van der Waals surface area contributed by atoms with E-state index in [0.717, 1.165) is 96.3 Å². The molecule has 0 aliphatic carbocycles. The van der Waals surface area contributed by atoms with Gasteiger partial charge in [-0.05, 0) is 64.2 Å². The van der Waals surface area contributed by atoms with Gasteiger partial charge in [-0.15, -0.1) is 0 Å². The van der Waals surface area contributed by atoms with E-state index < -0.39 is 6.10 Å². The quantitative estimate of drug-likeness (QED) is 0.0199. The Hall–Kier alpha value is -3.15. The lowest BCUT2D eigenvalue weighted by atomic mass is 10.0. The zero-order valence-electron chi connectivity index (χ0n) is 44.2. The zero-order chi connectivity index (χ0) is 48.6. The Morgan fingerprint density at radius 1 is 0.299 bits per heavy atom. The summed E-state index contributed by atoms with van der Waals surface area (Å²) in [5, 5.41) is 0. The van der Waals surface area contributed by atoms with E-state index in [1.807, 2.05) is 24.3 Å². The van der Waals surface area contributed by atoms with Gasteiger partial charge in [0.2, 0.25) is 0 Å². The average Bonchev–Trinajstić information content (AvgIpc) is 3.33. The van der Waals surface area contributed by atoms with Gasteiger partial charge in [-0.1, -0.05) is 267 Å². The van der Waals surface area contributed by atoms with Gasteiger partial charge in [0.15, 0.2) is 6.10 Å². The molecule has 0 aliphatic rings. The van der Waals surface area contributed by atoms with Gasteiger partial charge in [0.05, 0.1) is 0 Å². The highest BCUT2D eigenvalue weighted by molar-refractivity contribution is 5.71. The fraction of sp³-hybridized carbons (Fsp3) is 0.754. The number of allylic oxidation sites excluding steroid dienone is 12. The van der Waals surface area contributed by atoms with E-state index in [1.54, 1.807) is 0 Å². The minimum absolute atomic E-state index is 0.0898. The van der Waals surface area contributed by atoms with Gasteiger partial charge in [0.1, 0.15) is 13.2 Å². The highest BCUT2D eigenvalue weighted by Crippen LogP contribution is 2.16. The SMILES string of the molecule is CCC\C=C/C=C\C=C/C=C\C=C/CCCCCCCC(=O)OCC(COC(=O)CCCCC/C=C\CCCCCCCC)OC(=O)CCCCCCCCCCCCCCCCCCCC. The van der Waals surface area contributed by atoms with Crippen LogP contribution in [0.15, 0.2) is 72.9 Å². The molecule has 386 valence electrons. The molecule has 0 heterocycles. The highest BCUT2D eigenvalue weighted by Gasteiger charge is 2.19. The maximum atomic E-state index is 12.9. The number of unbranched alkanes of at least 4 members (excludes halogenated alkanes) is 32. The van der Waals surface area contributed by atoms with E-state index in [1.165, 1.54) is 141 Å². The second-order valence-electron chi connectivity index (χ2n) is 19.0. The molecule has 0 saturated carbocycles. The Balaban J connectivity index is 4.42. The second kappa shape index (κ2) is 55.4. The number of hydrogen-bond donors (Lipinski definition) is 0. The predicted octanol–water partition coefficient (Wildman–Crippen LogP) is 19.0. The van der Waals surface area contributed by atoms with Crippen LogP contribution in [-0.2, 0) is 28.6 Å². The lowest BCUT2D eigenvalue weighted by molar-refractivity contribution is -0.167. The molecule has 0 N–H and O–H groups in total. The molecule has 0 fully saturated rings. The topological polar surface area (TPSA) is 78.9 Å². The van der Waals surface area contributed by atoms with Gasteiger partial charge in [-0.25, -0.2) is 0 Å². The van der Waals surface area contributed by atoms with Crippen molar-refractivity contribution < 1.29 is 28.6 Å². The summed E-state index contributed by atoms with van der Waals surface area (Å²) in [4.78, 5) is 38.1. The fourth-order valence-corrected chi connectivity index (χ4v) is 8.00. The second-order valence-corrected chi connectivity index (χ2v) is 19.0. The van der Waals surface area contributed by atoms with Crippen molar-refractivity contribution in [1.29, 1.82) is 0 Å². The summed E-state index contributed by atoms with van der Waals surface area (Å²) >= 11 is 0. The molecule has 0 aliphatic heterocycles. The molecule has 1 unspecified atom stereocenters. The lowest BCUT2D eigenvalue weighted by Gasteiger charge is -2.18. The summed E-state index contributed by atoms with van der Waals surface area (Å²) in [6, 6.07) is 0. The number of hydrogen-bond acceptors (Lipinski definition) is 6. The Kier molecular flexibility index (Phi) is 52.8. The monoisotopic (exact) mass is 935 g/mol. The van der Waals surface area contributed by atoms with E-state index in [-0.39, 0.29) is 31.1 Å². The third-order valence-electron chi connectivity index (χ3n) is 12.3. The highest BCUT2D eigenvalue weighted by atomic mass is 16.6. The van der Waals surface area contributed by atoms with Crippen molar-refractivity contribution >= 4 is 17.9 Å². The average molecular weight is 936 g/mol. The normalized spacial score (nSPS) is 12.6. The van der Waals surface area contributed by atoms with E-state index in [0.29, 0.717) is 19.3 Å². The maximum absolute atomic E-state index is 12.9. The molecule has 6 heteroatoms. The molecule has 0 aromatic rings. The van der Waals surface area contributed by atoms with Crippen molar-refractivity contribution in [2.75, 3.05) is 13.2 Å². The fourth-order valence-electron chi connectivity index (χ4n) is 8.00. The summed E-state index contributed by atoms with van der Waals surface area (Å²) in [6.07, 6.45) is 70.3. The standard InChI is InChI=1S/C61H106O6/c1-4-7-10-13-16-19-22-25-27-29-31-33-36-39-42-45-48-51-54-60(63)66-57-58(56-65-59(62)53-50-47-44-41-38-35-24-21-18-15-12-9-6-3)67-61(64)55-52-49-46-43-40-37-34-32-30-28-26-23-20-17-14-11-8-5-2/h10,13,16,19,22,25,27,29,31,33,35,38,58H,4-9,11-12,14-15,17-18,20-21,23-24,26,28,30,32,34,36-37,39-57H2,1-3H3/b13-10-,19-16-,25-22-,29-27-,33-31-,38-35-. The van der Waals surface area contributed by atoms with E-state index in [4.69, 9.17) is 14.2 Å². The molecule has 1 atom stereocenters. The summed E-state index contributed by atoms with van der Waals surface area (Å²) in [6.45, 7) is 6.53.